The molecule has 0 aromatic heterocycles. The lowest BCUT2D eigenvalue weighted by molar-refractivity contribution is -0.893. The van der Waals surface area contributed by atoms with Crippen LogP contribution >= 0.6 is 11.8 Å². The fraction of sp³-hybridized carbons (Fsp3) is 0.591. The third-order valence-corrected chi connectivity index (χ3v) is 6.32. The fourth-order valence-corrected chi connectivity index (χ4v) is 4.22. The summed E-state index contributed by atoms with van der Waals surface area (Å²) >= 11 is 2.00. The summed E-state index contributed by atoms with van der Waals surface area (Å²) in [5.74, 6) is -2.14. The molecule has 0 saturated heterocycles. The van der Waals surface area contributed by atoms with Crippen LogP contribution in [0.2, 0.25) is 0 Å². The first kappa shape index (κ1) is 28.5. The van der Waals surface area contributed by atoms with Crippen LogP contribution in [0.4, 0.5) is 0 Å². The number of aliphatic hydroxyl groups excluding tert-OH is 1. The van der Waals surface area contributed by atoms with Crippen LogP contribution < -0.4 is 19.5 Å². The van der Waals surface area contributed by atoms with Crippen molar-refractivity contribution in [3.63, 3.8) is 0 Å². The zero-order valence-electron chi connectivity index (χ0n) is 19.2. The Bertz CT molecular complexity index is 759. The number of quaternary nitrogens is 1. The number of aliphatic hydroxyl groups is 1. The molecule has 1 aromatic carbocycles. The molecule has 0 fully saturated rings. The predicted octanol–water partition coefficient (Wildman–Crippen LogP) is -0.504. The second-order valence-electron chi connectivity index (χ2n) is 7.75. The molecule has 1 heterocycles. The Labute approximate surface area is 197 Å². The van der Waals surface area contributed by atoms with Gasteiger partial charge < -0.3 is 39.6 Å². The molecule has 11 heteroatoms. The molecular weight excluding hydrogens is 454 g/mol. The molecule has 0 saturated carbocycles. The Balaban J connectivity index is 0.000000366. The lowest BCUT2D eigenvalue weighted by Crippen LogP contribution is -3.11. The van der Waals surface area contributed by atoms with Gasteiger partial charge in [0, 0.05) is 37.2 Å². The number of carboxylic acid groups (broad SMARTS) is 3. The molecule has 0 unspecified atom stereocenters. The van der Waals surface area contributed by atoms with Gasteiger partial charge in [0.25, 0.3) is 0 Å². The van der Waals surface area contributed by atoms with Gasteiger partial charge in [0.2, 0.25) is 5.79 Å². The van der Waals surface area contributed by atoms with Gasteiger partial charge in [0.05, 0.1) is 26.2 Å². The molecule has 0 spiro atoms. The lowest BCUT2D eigenvalue weighted by Gasteiger charge is -2.23. The Hall–Kier alpha value is -2.50. The number of para-hydroxylation sites is 2. The van der Waals surface area contributed by atoms with Gasteiger partial charge >= 0.3 is 11.9 Å². The van der Waals surface area contributed by atoms with Crippen LogP contribution in [0.25, 0.3) is 0 Å². The first-order chi connectivity index (χ1) is 15.5. The second-order valence-corrected chi connectivity index (χ2v) is 8.98. The minimum absolute atomic E-state index is 0.487. The quantitative estimate of drug-likeness (QED) is 0.211. The molecule has 33 heavy (non-hydrogen) atoms. The van der Waals surface area contributed by atoms with E-state index in [0.29, 0.717) is 0 Å². The summed E-state index contributed by atoms with van der Waals surface area (Å²) in [5, 5.41) is 35.4. The highest BCUT2D eigenvalue weighted by molar-refractivity contribution is 7.99. The topological polar surface area (TPSA) is 158 Å². The van der Waals surface area contributed by atoms with Gasteiger partial charge in [0.15, 0.2) is 16.9 Å². The van der Waals surface area contributed by atoms with Crippen molar-refractivity contribution >= 4 is 29.7 Å². The van der Waals surface area contributed by atoms with Crippen LogP contribution in [-0.2, 0) is 14.4 Å². The van der Waals surface area contributed by atoms with Gasteiger partial charge in [-0.15, -0.1) is 0 Å². The number of thioether (sulfide) groups is 1. The SMILES string of the molecule is CC[NH+](CC)CCSCCC1(C)Oc2ccccc2O1.O=C([O-])CC(CO)(C(=O)O)C(=O)O. The smallest absolute Gasteiger partial charge is 0.323 e. The highest BCUT2D eigenvalue weighted by atomic mass is 32.2. The average molecular weight is 488 g/mol. The van der Waals surface area contributed by atoms with Gasteiger partial charge in [-0.05, 0) is 26.0 Å². The lowest BCUT2D eigenvalue weighted by atomic mass is 9.85. The predicted molar refractivity (Wildman–Crippen MR) is 119 cm³/mol. The first-order valence-corrected chi connectivity index (χ1v) is 11.8. The van der Waals surface area contributed by atoms with Gasteiger partial charge in [0.1, 0.15) is 0 Å². The van der Waals surface area contributed by atoms with Crippen LogP contribution in [0.5, 0.6) is 11.5 Å². The molecule has 0 amide bonds. The number of rotatable bonds is 13. The molecule has 1 aromatic rings. The number of carbonyl (C=O) groups is 3. The van der Waals surface area contributed by atoms with E-state index in [1.165, 1.54) is 25.4 Å². The summed E-state index contributed by atoms with van der Waals surface area (Å²) in [6.07, 6.45) is -0.353. The second kappa shape index (κ2) is 13.3. The van der Waals surface area contributed by atoms with Crippen LogP contribution in [0.15, 0.2) is 24.3 Å². The normalized spacial score (nSPS) is 13.8. The van der Waals surface area contributed by atoms with Gasteiger partial charge in [-0.3, -0.25) is 9.59 Å². The van der Waals surface area contributed by atoms with E-state index in [0.717, 1.165) is 23.7 Å². The largest absolute Gasteiger partial charge is 0.550 e. The molecular formula is C22H33NO9S. The van der Waals surface area contributed by atoms with Crippen LogP contribution in [0.3, 0.4) is 0 Å². The summed E-state index contributed by atoms with van der Waals surface area (Å²) in [5.41, 5.74) is -2.71. The number of hydrogen-bond donors (Lipinski definition) is 4. The maximum absolute atomic E-state index is 10.4. The van der Waals surface area contributed by atoms with Crippen molar-refractivity contribution in [1.29, 1.82) is 0 Å². The van der Waals surface area contributed by atoms with Crippen molar-refractivity contribution in [1.82, 2.24) is 0 Å². The van der Waals surface area contributed by atoms with E-state index in [1.807, 2.05) is 43.0 Å². The number of benzene rings is 1. The molecule has 0 radical (unpaired) electrons. The standard InChI is InChI=1S/C16H25NO2S.C6H8O7/c1-4-17(5-2)11-13-20-12-10-16(3)18-14-8-6-7-9-15(14)19-16;7-2-6(4(10)11,5(12)13)1-3(8)9/h6-9H,4-5,10-13H2,1-3H3;7H,1-2H2,(H,8,9)(H,10,11)(H,12,13). The fourth-order valence-electron chi connectivity index (χ4n) is 3.07. The molecule has 1 aliphatic heterocycles. The van der Waals surface area contributed by atoms with Gasteiger partial charge in [-0.25, -0.2) is 0 Å². The van der Waals surface area contributed by atoms with Crippen LogP contribution in [0.1, 0.15) is 33.6 Å². The maximum atomic E-state index is 10.4. The Morgan fingerprint density at radius 2 is 1.58 bits per heavy atom. The molecule has 10 nitrogen and oxygen atoms in total. The molecule has 186 valence electrons. The summed E-state index contributed by atoms with van der Waals surface area (Å²) < 4.78 is 11.8. The van der Waals surface area contributed by atoms with Crippen molar-refractivity contribution < 1.29 is 49.2 Å². The number of carbonyl (C=O) groups excluding carboxylic acids is 1. The molecule has 0 atom stereocenters. The van der Waals surface area contributed by atoms with Crippen molar-refractivity contribution in [2.24, 2.45) is 5.41 Å². The van der Waals surface area contributed by atoms with Crippen molar-refractivity contribution in [2.45, 2.75) is 39.4 Å². The number of ether oxygens (including phenoxy) is 2. The Morgan fingerprint density at radius 3 is 1.94 bits per heavy atom. The molecule has 2 rings (SSSR count). The number of hydrogen-bond acceptors (Lipinski definition) is 8. The molecule has 4 N–H and O–H groups in total. The number of aliphatic carboxylic acids is 3. The third-order valence-electron chi connectivity index (χ3n) is 5.34. The van der Waals surface area contributed by atoms with Gasteiger partial charge in [-0.2, -0.15) is 11.8 Å². The summed E-state index contributed by atoms with van der Waals surface area (Å²) in [7, 11) is 0. The zero-order valence-corrected chi connectivity index (χ0v) is 20.0. The van der Waals surface area contributed by atoms with E-state index < -0.39 is 42.1 Å². The van der Waals surface area contributed by atoms with E-state index in [9.17, 15) is 19.5 Å². The first-order valence-electron chi connectivity index (χ1n) is 10.7. The monoisotopic (exact) mass is 487 g/mol. The Kier molecular flexibility index (Phi) is 11.5. The van der Waals surface area contributed by atoms with Crippen molar-refractivity contribution in [2.75, 3.05) is 37.7 Å². The summed E-state index contributed by atoms with van der Waals surface area (Å²) in [6, 6.07) is 7.90. The number of nitrogens with one attached hydrogen (secondary N) is 1. The van der Waals surface area contributed by atoms with Crippen LogP contribution in [0, 0.1) is 5.41 Å². The van der Waals surface area contributed by atoms with E-state index in [4.69, 9.17) is 24.8 Å². The molecule has 0 aliphatic carbocycles. The molecule has 0 bridgehead atoms. The summed E-state index contributed by atoms with van der Waals surface area (Å²) in [4.78, 5) is 32.5. The number of carboxylic acids is 3. The van der Waals surface area contributed by atoms with E-state index >= 15 is 0 Å². The minimum Gasteiger partial charge on any atom is -0.550 e. The van der Waals surface area contributed by atoms with Gasteiger partial charge in [-0.1, -0.05) is 12.1 Å². The Morgan fingerprint density at radius 1 is 1.06 bits per heavy atom. The third kappa shape index (κ3) is 8.41. The molecule has 1 aliphatic rings. The van der Waals surface area contributed by atoms with Crippen molar-refractivity contribution in [3.05, 3.63) is 24.3 Å². The average Bonchev–Trinajstić information content (AvgIpc) is 3.10. The zero-order chi connectivity index (χ0) is 25.1. The van der Waals surface area contributed by atoms with E-state index in [2.05, 4.69) is 13.8 Å². The highest BCUT2D eigenvalue weighted by Gasteiger charge is 2.46. The van der Waals surface area contributed by atoms with E-state index in [1.54, 1.807) is 4.90 Å². The maximum Gasteiger partial charge on any atom is 0.323 e. The van der Waals surface area contributed by atoms with Crippen molar-refractivity contribution in [3.8, 4) is 11.5 Å². The summed E-state index contributed by atoms with van der Waals surface area (Å²) in [6.45, 7) is 8.92. The van der Waals surface area contributed by atoms with Crippen LogP contribution in [-0.4, -0.2) is 76.8 Å². The minimum atomic E-state index is -2.71. The number of fused-ring (bicyclic) bond motifs is 1. The highest BCUT2D eigenvalue weighted by Crippen LogP contribution is 2.40. The van der Waals surface area contributed by atoms with E-state index in [-0.39, 0.29) is 0 Å².